The number of benzene rings is 1. The fourth-order valence-corrected chi connectivity index (χ4v) is 10.8. The molecule has 0 radical (unpaired) electrons. The molecule has 1 heterocycles. The third kappa shape index (κ3) is 2.42. The average molecular weight is 338 g/mol. The monoisotopic (exact) mass is 338 g/mol. The standard InChI is InChI=1S/C16H22N2O2S2/c1-4-22(20,5-2,18-19)21(12-11-17-14-21)13-15(3)16-9-7-6-8-10-16/h4-12,14-15,19H,1-2,13H2,3H3,(H,18,20). The Kier molecular flexibility index (Phi) is 4.58. The topological polar surface area (TPSA) is 61.7 Å². The van der Waals surface area contributed by atoms with Crippen LogP contribution < -0.4 is 4.89 Å². The molecule has 4 nitrogen and oxygen atoms in total. The predicted octanol–water partition coefficient (Wildman–Crippen LogP) is 4.02. The smallest absolute Gasteiger partial charge is 0.0573 e. The number of nitrogens with zero attached hydrogens (tertiary/aromatic N) is 1. The number of hydrogen-bond acceptors (Lipinski definition) is 3. The van der Waals surface area contributed by atoms with Gasteiger partial charge in [-0.15, -0.1) is 13.9 Å². The van der Waals surface area contributed by atoms with Crippen LogP contribution in [-0.2, 0) is 8.28 Å². The quantitative estimate of drug-likeness (QED) is 0.582. The van der Waals surface area contributed by atoms with Gasteiger partial charge in [0, 0.05) is 31.1 Å². The Bertz CT molecular complexity index is 671. The zero-order chi connectivity index (χ0) is 16.3. The molecule has 22 heavy (non-hydrogen) atoms. The Balaban J connectivity index is 2.49. The molecule has 0 fully saturated rings. The number of aliphatic imine (C=N–C) groups is 1. The predicted molar refractivity (Wildman–Crippen MR) is 98.4 cm³/mol. The summed E-state index contributed by atoms with van der Waals surface area (Å²) in [4.78, 5) is 6.19. The summed E-state index contributed by atoms with van der Waals surface area (Å²) >= 11 is 0. The average Bonchev–Trinajstić information content (AvgIpc) is 3.05. The van der Waals surface area contributed by atoms with Crippen molar-refractivity contribution < 1.29 is 9.42 Å². The number of rotatable bonds is 7. The van der Waals surface area contributed by atoms with Gasteiger partial charge >= 0.3 is 0 Å². The van der Waals surface area contributed by atoms with E-state index >= 15 is 0 Å². The number of nitrogens with one attached hydrogen (secondary N) is 1. The van der Waals surface area contributed by atoms with Crippen molar-refractivity contribution in [3.63, 3.8) is 0 Å². The van der Waals surface area contributed by atoms with E-state index in [0.717, 1.165) is 5.56 Å². The van der Waals surface area contributed by atoms with Crippen LogP contribution in [0.4, 0.5) is 0 Å². The van der Waals surface area contributed by atoms with Crippen LogP contribution in [0, 0.1) is 0 Å². The molecule has 0 spiro atoms. The number of hydrogen-bond donors (Lipinski definition) is 2. The normalized spacial score (nSPS) is 26.5. The van der Waals surface area contributed by atoms with Gasteiger partial charge in [-0.05, 0) is 16.9 Å². The first-order valence-electron chi connectivity index (χ1n) is 6.84. The van der Waals surface area contributed by atoms with Gasteiger partial charge in [0.2, 0.25) is 0 Å². The minimum absolute atomic E-state index is 0.142. The maximum atomic E-state index is 13.7. The summed E-state index contributed by atoms with van der Waals surface area (Å²) in [5.41, 5.74) is 2.84. The summed E-state index contributed by atoms with van der Waals surface area (Å²) in [6.07, 6.45) is 1.63. The lowest BCUT2D eigenvalue weighted by atomic mass is 10.0. The van der Waals surface area contributed by atoms with E-state index in [2.05, 4.69) is 25.1 Å². The summed E-state index contributed by atoms with van der Waals surface area (Å²) in [6, 6.07) is 10.0. The summed E-state index contributed by atoms with van der Waals surface area (Å²) in [6.45, 7) is 9.44. The van der Waals surface area contributed by atoms with Gasteiger partial charge in [-0.2, -0.15) is 0 Å². The van der Waals surface area contributed by atoms with Crippen LogP contribution in [0.25, 0.3) is 0 Å². The molecule has 1 aromatic rings. The van der Waals surface area contributed by atoms with Crippen LogP contribution >= 0.6 is 9.06 Å². The minimum Gasteiger partial charge on any atom is -0.304 e. The summed E-state index contributed by atoms with van der Waals surface area (Å²) in [5, 5.41) is 14.1. The van der Waals surface area contributed by atoms with Crippen LogP contribution in [0.2, 0.25) is 0 Å². The second-order valence-electron chi connectivity index (χ2n) is 5.21. The molecule has 0 saturated heterocycles. The first-order chi connectivity index (χ1) is 10.4. The van der Waals surface area contributed by atoms with Gasteiger partial charge in [-0.1, -0.05) is 50.4 Å². The van der Waals surface area contributed by atoms with Gasteiger partial charge in [0.15, 0.2) is 0 Å². The van der Waals surface area contributed by atoms with Gasteiger partial charge < -0.3 is 5.21 Å². The van der Waals surface area contributed by atoms with E-state index < -0.39 is 17.3 Å². The van der Waals surface area contributed by atoms with Crippen molar-refractivity contribution >= 4 is 22.9 Å². The second kappa shape index (κ2) is 5.96. The van der Waals surface area contributed by atoms with Crippen LogP contribution in [0.1, 0.15) is 18.4 Å². The van der Waals surface area contributed by atoms with Gasteiger partial charge in [-0.3, -0.25) is 4.99 Å². The van der Waals surface area contributed by atoms with E-state index in [1.807, 2.05) is 40.6 Å². The van der Waals surface area contributed by atoms with Crippen molar-refractivity contribution in [3.8, 4) is 0 Å². The third-order valence-electron chi connectivity index (χ3n) is 3.95. The molecule has 0 aromatic heterocycles. The molecule has 2 atom stereocenters. The van der Waals surface area contributed by atoms with E-state index in [9.17, 15) is 9.42 Å². The highest BCUT2D eigenvalue weighted by Crippen LogP contribution is 2.69. The molecule has 0 saturated carbocycles. The third-order valence-corrected chi connectivity index (χ3v) is 14.8. The van der Waals surface area contributed by atoms with Crippen LogP contribution in [-0.4, -0.2) is 20.7 Å². The Morgan fingerprint density at radius 3 is 2.45 bits per heavy atom. The lowest BCUT2D eigenvalue weighted by Gasteiger charge is -2.52. The Hall–Kier alpha value is -1.47. The van der Waals surface area contributed by atoms with E-state index in [1.54, 1.807) is 11.7 Å². The van der Waals surface area contributed by atoms with E-state index in [1.165, 1.54) is 10.8 Å². The summed E-state index contributed by atoms with van der Waals surface area (Å²) in [5.74, 6) is 0.719. The van der Waals surface area contributed by atoms with Crippen molar-refractivity contribution in [1.82, 2.24) is 4.89 Å². The maximum absolute atomic E-state index is 13.7. The van der Waals surface area contributed by atoms with Gasteiger partial charge in [0.25, 0.3) is 0 Å². The van der Waals surface area contributed by atoms with Crippen molar-refractivity contribution in [2.24, 2.45) is 4.99 Å². The molecule has 0 aliphatic carbocycles. The van der Waals surface area contributed by atoms with Crippen LogP contribution in [0.5, 0.6) is 0 Å². The molecule has 1 aliphatic rings. The molecule has 2 N–H and O–H groups in total. The Labute approximate surface area is 132 Å². The highest BCUT2D eigenvalue weighted by molar-refractivity contribution is 9.07. The lowest BCUT2D eigenvalue weighted by molar-refractivity contribution is 0.249. The lowest BCUT2D eigenvalue weighted by Crippen LogP contribution is -2.46. The van der Waals surface area contributed by atoms with Gasteiger partial charge in [0.1, 0.15) is 0 Å². The molecule has 2 rings (SSSR count). The first-order valence-corrected chi connectivity index (χ1v) is 11.4. The van der Waals surface area contributed by atoms with E-state index in [4.69, 9.17) is 0 Å². The first kappa shape index (κ1) is 16.9. The fourth-order valence-electron chi connectivity index (χ4n) is 2.49. The molecule has 0 bridgehead atoms. The molecule has 120 valence electrons. The molecule has 6 heteroatoms. The van der Waals surface area contributed by atoms with Gasteiger partial charge in [-0.25, -0.2) is 4.21 Å². The molecular formula is C16H22N2O2S2. The Morgan fingerprint density at radius 2 is 2.00 bits per heavy atom. The molecular weight excluding hydrogens is 316 g/mol. The van der Waals surface area contributed by atoms with Crippen molar-refractivity contribution in [3.05, 3.63) is 71.5 Å². The Morgan fingerprint density at radius 1 is 1.36 bits per heavy atom. The summed E-state index contributed by atoms with van der Waals surface area (Å²) in [7, 11) is -5.98. The van der Waals surface area contributed by atoms with Crippen molar-refractivity contribution in [2.45, 2.75) is 12.8 Å². The van der Waals surface area contributed by atoms with Crippen LogP contribution in [0.3, 0.4) is 0 Å². The largest absolute Gasteiger partial charge is 0.304 e. The van der Waals surface area contributed by atoms with Crippen molar-refractivity contribution in [2.75, 3.05) is 5.75 Å². The highest BCUT2D eigenvalue weighted by Gasteiger charge is 2.48. The molecule has 2 unspecified atom stereocenters. The van der Waals surface area contributed by atoms with E-state index in [-0.39, 0.29) is 5.92 Å². The maximum Gasteiger partial charge on any atom is 0.0573 e. The zero-order valence-corrected chi connectivity index (χ0v) is 14.2. The molecule has 1 aromatic carbocycles. The highest BCUT2D eigenvalue weighted by atomic mass is 33.2. The van der Waals surface area contributed by atoms with Gasteiger partial charge in [0.05, 0.1) is 5.55 Å². The SMILES string of the molecule is C=CS(=O)(C=C)(NO)S1(CC(C)c2ccccc2)C=CN=C1. The van der Waals surface area contributed by atoms with E-state index in [0.29, 0.717) is 5.75 Å². The molecule has 0 amide bonds. The second-order valence-corrected chi connectivity index (χ2v) is 14.3. The fraction of sp³-hybridized carbons (Fsp3) is 0.188. The molecule has 1 aliphatic heterocycles. The summed E-state index contributed by atoms with van der Waals surface area (Å²) < 4.78 is 13.7. The zero-order valence-electron chi connectivity index (χ0n) is 12.6. The van der Waals surface area contributed by atoms with Crippen molar-refractivity contribution in [1.29, 1.82) is 0 Å². The minimum atomic E-state index is -3.90. The van der Waals surface area contributed by atoms with Crippen LogP contribution in [0.15, 0.2) is 70.9 Å².